The zero-order valence-electron chi connectivity index (χ0n) is 18.9. The molecular weight excluding hydrogens is 614 g/mol. The predicted octanol–water partition coefficient (Wildman–Crippen LogP) is -4.64. The molecule has 0 spiro atoms. The minimum atomic E-state index is -5.56. The van der Waals surface area contributed by atoms with Crippen molar-refractivity contribution in [3.8, 4) is 0 Å². The van der Waals surface area contributed by atoms with Crippen molar-refractivity contribution in [2.45, 2.75) is 56.1 Å². The Labute approximate surface area is 218 Å². The van der Waals surface area contributed by atoms with Crippen LogP contribution in [0, 0.1) is 0 Å². The molecule has 39 heavy (non-hydrogen) atoms. The van der Waals surface area contributed by atoms with Crippen LogP contribution >= 0.6 is 0 Å². The molecule has 1 fully saturated rings. The third-order valence-electron chi connectivity index (χ3n) is 4.69. The van der Waals surface area contributed by atoms with Crippen molar-refractivity contribution in [3.63, 3.8) is 0 Å². The fraction of sp³-hybridized carbons (Fsp3) is 0.714. The number of carboxylic acids is 1. The van der Waals surface area contributed by atoms with Gasteiger partial charge in [-0.3, -0.25) is 18.5 Å². The van der Waals surface area contributed by atoms with E-state index in [1.54, 1.807) is 0 Å². The van der Waals surface area contributed by atoms with Gasteiger partial charge < -0.3 is 40.0 Å². The number of nitrogens with one attached hydrogen (secondary N) is 1. The highest BCUT2D eigenvalue weighted by atomic mass is 32.3. The van der Waals surface area contributed by atoms with Crippen molar-refractivity contribution in [3.05, 3.63) is 11.5 Å². The molecule has 0 aromatic heterocycles. The SMILES string of the molecule is CC(=O)N[C@@H]1[C@@H](O[C@@H]2OC(C(=O)O)=C(O)[C@H](O)[C@H]2OS(=O)(=O)O)[C@@H](OS(=O)(=O)O)[C@@H](COS(=O)(=O)O)O[C@H]1O. The highest BCUT2D eigenvalue weighted by molar-refractivity contribution is 7.81. The van der Waals surface area contributed by atoms with E-state index >= 15 is 0 Å². The van der Waals surface area contributed by atoms with E-state index in [4.69, 9.17) is 23.3 Å². The number of aliphatic hydroxyl groups excluding tert-OH is 3. The number of carbonyl (C=O) groups excluding carboxylic acids is 1. The topological polar surface area (TPSA) is 346 Å². The largest absolute Gasteiger partial charge is 0.506 e. The molecule has 0 bridgehead atoms. The molecule has 0 aromatic carbocycles. The van der Waals surface area contributed by atoms with E-state index in [0.717, 1.165) is 6.92 Å². The first kappa shape index (κ1) is 32.9. The van der Waals surface area contributed by atoms with Gasteiger partial charge in [0.15, 0.2) is 18.2 Å². The molecule has 2 rings (SSSR count). The molecule has 0 unspecified atom stereocenters. The first-order valence-electron chi connectivity index (χ1n) is 9.80. The first-order valence-corrected chi connectivity index (χ1v) is 13.9. The number of rotatable bonds is 11. The Balaban J connectivity index is 2.64. The fourth-order valence-electron chi connectivity index (χ4n) is 3.35. The molecule has 1 amide bonds. The molecule has 0 aromatic rings. The van der Waals surface area contributed by atoms with Crippen LogP contribution in [-0.4, -0.2) is 127 Å². The van der Waals surface area contributed by atoms with E-state index in [1.165, 1.54) is 0 Å². The molecule has 226 valence electrons. The Kier molecular flexibility index (Phi) is 10.2. The second-order valence-electron chi connectivity index (χ2n) is 7.53. The lowest BCUT2D eigenvalue weighted by atomic mass is 9.96. The molecule has 2 heterocycles. The highest BCUT2D eigenvalue weighted by Gasteiger charge is 2.54. The van der Waals surface area contributed by atoms with Gasteiger partial charge in [-0.25, -0.2) is 17.3 Å². The lowest BCUT2D eigenvalue weighted by molar-refractivity contribution is -0.298. The molecule has 2 aliphatic heterocycles. The van der Waals surface area contributed by atoms with Gasteiger partial charge in [0.1, 0.15) is 30.5 Å². The third kappa shape index (κ3) is 9.41. The Morgan fingerprint density at radius 2 is 1.46 bits per heavy atom. The number of carbonyl (C=O) groups is 2. The summed E-state index contributed by atoms with van der Waals surface area (Å²) in [4.78, 5) is 23.1. The van der Waals surface area contributed by atoms with Crippen LogP contribution in [0.3, 0.4) is 0 Å². The van der Waals surface area contributed by atoms with Crippen molar-refractivity contribution in [1.29, 1.82) is 0 Å². The molecule has 8 N–H and O–H groups in total. The molecule has 0 aliphatic carbocycles. The average Bonchev–Trinajstić information content (AvgIpc) is 2.73. The van der Waals surface area contributed by atoms with Crippen molar-refractivity contribution in [1.82, 2.24) is 5.32 Å². The van der Waals surface area contributed by atoms with Crippen LogP contribution in [0.1, 0.15) is 6.92 Å². The summed E-state index contributed by atoms with van der Waals surface area (Å²) in [7, 11) is -16.4. The Morgan fingerprint density at radius 1 is 0.923 bits per heavy atom. The molecule has 25 heteroatoms. The van der Waals surface area contributed by atoms with Gasteiger partial charge in [-0.1, -0.05) is 0 Å². The summed E-state index contributed by atoms with van der Waals surface area (Å²) >= 11 is 0. The summed E-state index contributed by atoms with van der Waals surface area (Å²) in [5.41, 5.74) is 0. The second-order valence-corrected chi connectivity index (χ2v) is 10.7. The number of hydrogen-bond donors (Lipinski definition) is 8. The molecule has 8 atom stereocenters. The summed E-state index contributed by atoms with van der Waals surface area (Å²) in [5, 5.41) is 41.6. The van der Waals surface area contributed by atoms with Crippen LogP contribution in [0.4, 0.5) is 0 Å². The van der Waals surface area contributed by atoms with Crippen LogP contribution in [0.15, 0.2) is 11.5 Å². The van der Waals surface area contributed by atoms with E-state index in [0.29, 0.717) is 0 Å². The van der Waals surface area contributed by atoms with Crippen LogP contribution in [0.5, 0.6) is 0 Å². The van der Waals surface area contributed by atoms with Crippen LogP contribution < -0.4 is 5.32 Å². The van der Waals surface area contributed by atoms with Gasteiger partial charge in [0, 0.05) is 6.92 Å². The maximum atomic E-state index is 11.7. The maximum Gasteiger partial charge on any atom is 0.397 e. The Bertz CT molecular complexity index is 1290. The molecule has 2 aliphatic rings. The van der Waals surface area contributed by atoms with Gasteiger partial charge in [-0.05, 0) is 0 Å². The van der Waals surface area contributed by atoms with Crippen LogP contribution in [0.2, 0.25) is 0 Å². The van der Waals surface area contributed by atoms with Gasteiger partial charge in [0.05, 0.1) is 6.61 Å². The number of ether oxygens (including phenoxy) is 3. The van der Waals surface area contributed by atoms with Crippen LogP contribution in [-0.2, 0) is 67.5 Å². The van der Waals surface area contributed by atoms with Gasteiger partial charge in [-0.2, -0.15) is 25.3 Å². The van der Waals surface area contributed by atoms with Crippen LogP contribution in [0.25, 0.3) is 0 Å². The zero-order chi connectivity index (χ0) is 30.1. The summed E-state index contributed by atoms with van der Waals surface area (Å²) in [5.74, 6) is -6.09. The van der Waals surface area contributed by atoms with Gasteiger partial charge >= 0.3 is 37.2 Å². The number of carboxylic acid groups (broad SMARTS) is 1. The quantitative estimate of drug-likeness (QED) is 0.0989. The average molecular weight is 636 g/mol. The van der Waals surface area contributed by atoms with E-state index in [9.17, 15) is 59.8 Å². The molecule has 0 radical (unpaired) electrons. The zero-order valence-corrected chi connectivity index (χ0v) is 21.3. The predicted molar refractivity (Wildman–Crippen MR) is 112 cm³/mol. The van der Waals surface area contributed by atoms with E-state index < -0.39 is 110 Å². The second kappa shape index (κ2) is 12.1. The summed E-state index contributed by atoms with van der Waals surface area (Å²) < 4.78 is 122. The van der Waals surface area contributed by atoms with Crippen molar-refractivity contribution >= 4 is 43.1 Å². The Morgan fingerprint density at radius 3 is 1.92 bits per heavy atom. The summed E-state index contributed by atoms with van der Waals surface area (Å²) in [6, 6.07) is -2.00. The third-order valence-corrected chi connectivity index (χ3v) is 6.06. The van der Waals surface area contributed by atoms with Gasteiger partial charge in [0.25, 0.3) is 0 Å². The summed E-state index contributed by atoms with van der Waals surface area (Å²) in [6.45, 7) is -0.521. The minimum absolute atomic E-state index is 0.852. The molecule has 22 nitrogen and oxygen atoms in total. The molecular formula is C14H21NO21S3. The lowest BCUT2D eigenvalue weighted by Crippen LogP contribution is -2.67. The fourth-order valence-corrected chi connectivity index (χ4v) is 4.65. The normalized spacial score (nSPS) is 32.4. The lowest BCUT2D eigenvalue weighted by Gasteiger charge is -2.45. The van der Waals surface area contributed by atoms with E-state index in [-0.39, 0.29) is 0 Å². The van der Waals surface area contributed by atoms with Crippen molar-refractivity contribution in [2.75, 3.05) is 6.61 Å². The van der Waals surface area contributed by atoms with E-state index in [1.807, 2.05) is 5.32 Å². The summed E-state index contributed by atoms with van der Waals surface area (Å²) in [6.07, 6.45) is -17.0. The standard InChI is InChI=1S/C14H21NO21S3/c1-3(16)15-5-9(8(35-38(25,26)27)4(32-13(5)21)2-31-37(22,23)24)33-14-11(36-39(28,29)30)7(18)6(17)10(34-14)12(19)20/h4-5,7-9,11,13-14,17-18,21H,2H2,1H3,(H,15,16)(H,19,20)(H,22,23,24)(H,25,26,27)(H,28,29,30)/t4-,5-,7+,8+,9-,11-,13-,14-/m1/s1. The Hall–Kier alpha value is -2.27. The molecule has 0 saturated carbocycles. The highest BCUT2D eigenvalue weighted by Crippen LogP contribution is 2.33. The number of aliphatic carboxylic acids is 1. The molecule has 1 saturated heterocycles. The van der Waals surface area contributed by atoms with Gasteiger partial charge in [-0.15, -0.1) is 0 Å². The number of hydrogen-bond acceptors (Lipinski definition) is 17. The van der Waals surface area contributed by atoms with Crippen molar-refractivity contribution < 1.29 is 95.7 Å². The minimum Gasteiger partial charge on any atom is -0.506 e. The smallest absolute Gasteiger partial charge is 0.397 e. The van der Waals surface area contributed by atoms with Crippen molar-refractivity contribution in [2.24, 2.45) is 0 Å². The van der Waals surface area contributed by atoms with E-state index in [2.05, 4.69) is 12.5 Å². The monoisotopic (exact) mass is 635 g/mol. The van der Waals surface area contributed by atoms with Gasteiger partial charge in [0.2, 0.25) is 18.0 Å². The first-order chi connectivity index (χ1) is 17.6. The number of amides is 1. The maximum absolute atomic E-state index is 11.7. The number of aliphatic hydroxyl groups is 3.